The maximum Gasteiger partial charge on any atom is 0.140 e. The van der Waals surface area contributed by atoms with Crippen molar-refractivity contribution >= 4 is 16.7 Å². The van der Waals surface area contributed by atoms with Gasteiger partial charge in [-0.3, -0.25) is 0 Å². The van der Waals surface area contributed by atoms with Gasteiger partial charge in [0.05, 0.1) is 30.9 Å². The van der Waals surface area contributed by atoms with E-state index < -0.39 is 0 Å². The Hall–Kier alpha value is -1.72. The summed E-state index contributed by atoms with van der Waals surface area (Å²) in [4.78, 5) is 11.0. The van der Waals surface area contributed by atoms with Gasteiger partial charge in [0, 0.05) is 11.9 Å². The Morgan fingerprint density at radius 1 is 1.40 bits per heavy atom. The van der Waals surface area contributed by atoms with Crippen molar-refractivity contribution in [1.82, 2.24) is 9.97 Å². The van der Waals surface area contributed by atoms with Crippen LogP contribution in [-0.4, -0.2) is 47.0 Å². The van der Waals surface area contributed by atoms with Crippen molar-refractivity contribution in [3.63, 3.8) is 0 Å². The number of fused-ring (bicyclic) bond motifs is 1. The van der Waals surface area contributed by atoms with Crippen LogP contribution in [0.15, 0.2) is 24.5 Å². The lowest BCUT2D eigenvalue weighted by atomic mass is 10.1. The summed E-state index contributed by atoms with van der Waals surface area (Å²) in [5.74, 6) is 0.933. The van der Waals surface area contributed by atoms with Crippen LogP contribution < -0.4 is 4.90 Å². The molecule has 5 nitrogen and oxygen atoms in total. The van der Waals surface area contributed by atoms with E-state index in [1.807, 2.05) is 12.1 Å². The van der Waals surface area contributed by atoms with Crippen LogP contribution in [0.2, 0.25) is 0 Å². The standard InChI is InChI=1S/C15H19N3O2/c1-10-4-3-5-13-14(10)15(17-9-16-13)18-6-12(7-19)20-8-11(18)2/h3-5,9,11-12,19H,6-8H2,1-2H3. The molecule has 1 saturated heterocycles. The molecule has 1 aromatic carbocycles. The predicted octanol–water partition coefficient (Wildman–Crippen LogP) is 1.52. The number of morpholine rings is 1. The highest BCUT2D eigenvalue weighted by molar-refractivity contribution is 5.92. The van der Waals surface area contributed by atoms with Gasteiger partial charge in [0.1, 0.15) is 12.1 Å². The summed E-state index contributed by atoms with van der Waals surface area (Å²) < 4.78 is 5.60. The molecule has 0 saturated carbocycles. The van der Waals surface area contributed by atoms with Crippen LogP contribution >= 0.6 is 0 Å². The molecule has 3 rings (SSSR count). The molecule has 0 aliphatic carbocycles. The second-order valence-electron chi connectivity index (χ2n) is 5.31. The van der Waals surface area contributed by atoms with E-state index in [9.17, 15) is 5.11 Å². The molecule has 2 atom stereocenters. The van der Waals surface area contributed by atoms with Gasteiger partial charge < -0.3 is 14.7 Å². The Kier molecular flexibility index (Phi) is 3.54. The monoisotopic (exact) mass is 273 g/mol. The van der Waals surface area contributed by atoms with E-state index in [2.05, 4.69) is 34.8 Å². The van der Waals surface area contributed by atoms with Crippen molar-refractivity contribution in [2.24, 2.45) is 0 Å². The summed E-state index contributed by atoms with van der Waals surface area (Å²) in [5.41, 5.74) is 2.12. The van der Waals surface area contributed by atoms with Crippen molar-refractivity contribution in [1.29, 1.82) is 0 Å². The number of anilines is 1. The highest BCUT2D eigenvalue weighted by Crippen LogP contribution is 2.29. The number of hydrogen-bond acceptors (Lipinski definition) is 5. The fourth-order valence-electron chi connectivity index (χ4n) is 2.70. The van der Waals surface area contributed by atoms with Gasteiger partial charge in [-0.15, -0.1) is 0 Å². The summed E-state index contributed by atoms with van der Waals surface area (Å²) in [6, 6.07) is 6.31. The number of aryl methyl sites for hydroxylation is 1. The van der Waals surface area contributed by atoms with Crippen LogP contribution in [0.5, 0.6) is 0 Å². The SMILES string of the molecule is Cc1cccc2ncnc(N3CC(CO)OCC3C)c12. The van der Waals surface area contributed by atoms with E-state index >= 15 is 0 Å². The first kappa shape index (κ1) is 13.3. The normalized spacial score (nSPS) is 23.2. The third-order valence-corrected chi connectivity index (χ3v) is 3.83. The summed E-state index contributed by atoms with van der Waals surface area (Å²) in [6.07, 6.45) is 1.45. The highest BCUT2D eigenvalue weighted by atomic mass is 16.5. The molecule has 1 aliphatic rings. The second kappa shape index (κ2) is 5.34. The van der Waals surface area contributed by atoms with Crippen LogP contribution in [0.4, 0.5) is 5.82 Å². The molecular formula is C15H19N3O2. The van der Waals surface area contributed by atoms with Crippen LogP contribution in [0.1, 0.15) is 12.5 Å². The number of ether oxygens (including phenoxy) is 1. The first-order valence-corrected chi connectivity index (χ1v) is 6.90. The smallest absolute Gasteiger partial charge is 0.140 e. The molecule has 0 radical (unpaired) electrons. The molecule has 5 heteroatoms. The maximum absolute atomic E-state index is 9.33. The topological polar surface area (TPSA) is 58.5 Å². The van der Waals surface area contributed by atoms with E-state index in [-0.39, 0.29) is 18.8 Å². The highest BCUT2D eigenvalue weighted by Gasteiger charge is 2.28. The zero-order chi connectivity index (χ0) is 14.1. The molecule has 1 aliphatic heterocycles. The second-order valence-corrected chi connectivity index (χ2v) is 5.31. The number of rotatable bonds is 2. The van der Waals surface area contributed by atoms with Crippen LogP contribution in [0.3, 0.4) is 0 Å². The van der Waals surface area contributed by atoms with Gasteiger partial charge >= 0.3 is 0 Å². The third-order valence-electron chi connectivity index (χ3n) is 3.83. The lowest BCUT2D eigenvalue weighted by Gasteiger charge is -2.38. The average molecular weight is 273 g/mol. The van der Waals surface area contributed by atoms with Crippen LogP contribution in [0, 0.1) is 6.92 Å². The molecule has 1 N–H and O–H groups in total. The largest absolute Gasteiger partial charge is 0.394 e. The van der Waals surface area contributed by atoms with E-state index in [4.69, 9.17) is 4.74 Å². The van der Waals surface area contributed by atoms with Crippen molar-refractivity contribution < 1.29 is 9.84 Å². The minimum Gasteiger partial charge on any atom is -0.394 e. The van der Waals surface area contributed by atoms with Crippen molar-refractivity contribution in [2.45, 2.75) is 26.0 Å². The predicted molar refractivity (Wildman–Crippen MR) is 77.9 cm³/mol. The zero-order valence-corrected chi connectivity index (χ0v) is 11.8. The van der Waals surface area contributed by atoms with Gasteiger partial charge in [-0.2, -0.15) is 0 Å². The molecule has 2 aromatic rings. The number of hydrogen-bond donors (Lipinski definition) is 1. The Balaban J connectivity index is 2.09. The minimum atomic E-state index is -0.153. The minimum absolute atomic E-state index is 0.0330. The van der Waals surface area contributed by atoms with Gasteiger partial charge in [-0.1, -0.05) is 12.1 Å². The van der Waals surface area contributed by atoms with Crippen LogP contribution in [-0.2, 0) is 4.74 Å². The van der Waals surface area contributed by atoms with Crippen molar-refractivity contribution in [2.75, 3.05) is 24.7 Å². The first-order valence-electron chi connectivity index (χ1n) is 6.90. The lowest BCUT2D eigenvalue weighted by molar-refractivity contribution is -0.0104. The number of aliphatic hydroxyl groups excluding tert-OH is 1. The Morgan fingerprint density at radius 2 is 2.25 bits per heavy atom. The quantitative estimate of drug-likeness (QED) is 0.899. The average Bonchev–Trinajstić information content (AvgIpc) is 2.47. The third kappa shape index (κ3) is 2.23. The fourth-order valence-corrected chi connectivity index (χ4v) is 2.70. The Bertz CT molecular complexity index is 612. The summed E-state index contributed by atoms with van der Waals surface area (Å²) in [6.45, 7) is 5.47. The van der Waals surface area contributed by atoms with E-state index in [0.29, 0.717) is 13.2 Å². The molecule has 106 valence electrons. The molecule has 0 spiro atoms. The van der Waals surface area contributed by atoms with Gasteiger partial charge in [0.2, 0.25) is 0 Å². The van der Waals surface area contributed by atoms with E-state index in [0.717, 1.165) is 22.3 Å². The Labute approximate surface area is 118 Å². The zero-order valence-electron chi connectivity index (χ0n) is 11.8. The molecule has 1 aromatic heterocycles. The molecule has 2 heterocycles. The maximum atomic E-state index is 9.33. The van der Waals surface area contributed by atoms with Gasteiger partial charge in [-0.25, -0.2) is 9.97 Å². The molecule has 20 heavy (non-hydrogen) atoms. The number of nitrogens with zero attached hydrogens (tertiary/aromatic N) is 3. The van der Waals surface area contributed by atoms with E-state index in [1.165, 1.54) is 0 Å². The van der Waals surface area contributed by atoms with Gasteiger partial charge in [0.25, 0.3) is 0 Å². The first-order chi connectivity index (χ1) is 9.70. The summed E-state index contributed by atoms with van der Waals surface area (Å²) in [7, 11) is 0. The molecular weight excluding hydrogens is 254 g/mol. The van der Waals surface area contributed by atoms with Gasteiger partial charge in [-0.05, 0) is 25.5 Å². The van der Waals surface area contributed by atoms with Crippen LogP contribution in [0.25, 0.3) is 10.9 Å². The molecule has 1 fully saturated rings. The Morgan fingerprint density at radius 3 is 3.05 bits per heavy atom. The molecule has 0 bridgehead atoms. The van der Waals surface area contributed by atoms with E-state index in [1.54, 1.807) is 6.33 Å². The lowest BCUT2D eigenvalue weighted by Crippen LogP contribution is -2.50. The number of aliphatic hydroxyl groups is 1. The van der Waals surface area contributed by atoms with Crippen molar-refractivity contribution in [3.05, 3.63) is 30.1 Å². The molecule has 2 unspecified atom stereocenters. The summed E-state index contributed by atoms with van der Waals surface area (Å²) in [5, 5.41) is 10.4. The van der Waals surface area contributed by atoms with Crippen molar-refractivity contribution in [3.8, 4) is 0 Å². The number of benzene rings is 1. The summed E-state index contributed by atoms with van der Waals surface area (Å²) >= 11 is 0. The fraction of sp³-hybridized carbons (Fsp3) is 0.467. The number of aromatic nitrogens is 2. The molecule has 0 amide bonds. The van der Waals surface area contributed by atoms with Gasteiger partial charge in [0.15, 0.2) is 0 Å².